The third-order valence-electron chi connectivity index (χ3n) is 6.27. The molecule has 0 saturated heterocycles. The second-order valence-electron chi connectivity index (χ2n) is 9.59. The number of likely N-dealkylation sites (N-methyl/N-ethyl adjacent to an activating group) is 1. The summed E-state index contributed by atoms with van der Waals surface area (Å²) < 4.78 is 11.8. The van der Waals surface area contributed by atoms with Crippen molar-refractivity contribution in [1.29, 1.82) is 0 Å². The van der Waals surface area contributed by atoms with Crippen LogP contribution in [0.4, 0.5) is 0 Å². The first kappa shape index (κ1) is 26.5. The highest BCUT2D eigenvalue weighted by atomic mass is 16.6. The zero-order valence-corrected chi connectivity index (χ0v) is 21.9. The summed E-state index contributed by atoms with van der Waals surface area (Å²) in [5.41, 5.74) is 5.90. The zero-order valence-electron chi connectivity index (χ0n) is 21.9. The number of hydrogen-bond acceptors (Lipinski definition) is 4. The van der Waals surface area contributed by atoms with E-state index in [4.69, 9.17) is 9.47 Å². The Balaban J connectivity index is 2.00. The van der Waals surface area contributed by atoms with Crippen molar-refractivity contribution in [2.75, 3.05) is 27.2 Å². The van der Waals surface area contributed by atoms with Crippen LogP contribution in [0.5, 0.6) is 11.5 Å². The first-order valence-corrected chi connectivity index (χ1v) is 12.4. The third-order valence-corrected chi connectivity index (χ3v) is 6.27. The molecule has 0 saturated carbocycles. The smallest absolute Gasteiger partial charge is 0.207 e. The van der Waals surface area contributed by atoms with Crippen LogP contribution in [0.2, 0.25) is 0 Å². The summed E-state index contributed by atoms with van der Waals surface area (Å²) in [5.74, 6) is 0.267. The van der Waals surface area contributed by atoms with E-state index in [0.29, 0.717) is 12.4 Å². The van der Waals surface area contributed by atoms with Gasteiger partial charge in [0.1, 0.15) is 18.1 Å². The molecule has 0 heterocycles. The zero-order chi connectivity index (χ0) is 25.4. The fourth-order valence-electron chi connectivity index (χ4n) is 3.79. The van der Waals surface area contributed by atoms with E-state index in [1.807, 2.05) is 58.3 Å². The Kier molecular flexibility index (Phi) is 9.13. The van der Waals surface area contributed by atoms with Crippen LogP contribution in [0.3, 0.4) is 0 Å². The number of rotatable bonds is 11. The molecule has 35 heavy (non-hydrogen) atoms. The van der Waals surface area contributed by atoms with Gasteiger partial charge in [0, 0.05) is 19.4 Å². The largest absolute Gasteiger partial charge is 0.492 e. The van der Waals surface area contributed by atoms with Crippen LogP contribution in [0.15, 0.2) is 78.9 Å². The Hall–Kier alpha value is -3.08. The highest BCUT2D eigenvalue weighted by molar-refractivity contribution is 5.98. The van der Waals surface area contributed by atoms with Crippen LogP contribution in [0.1, 0.15) is 50.8 Å². The van der Waals surface area contributed by atoms with E-state index < -0.39 is 5.79 Å². The SMILES string of the molecule is CC/C(=C(/c1ccc(OCCN(C)C)cc1)c1ccc(O[C@@](C)(O)C(C)C)cc1)c1ccccc1. The predicted octanol–water partition coefficient (Wildman–Crippen LogP) is 6.74. The lowest BCUT2D eigenvalue weighted by Gasteiger charge is -2.28. The van der Waals surface area contributed by atoms with Gasteiger partial charge in [0.2, 0.25) is 5.79 Å². The molecule has 1 atom stereocenters. The predicted molar refractivity (Wildman–Crippen MR) is 146 cm³/mol. The number of aliphatic hydroxyl groups is 1. The van der Waals surface area contributed by atoms with Gasteiger partial charge in [0.05, 0.1) is 0 Å². The average Bonchev–Trinajstić information content (AvgIpc) is 2.84. The van der Waals surface area contributed by atoms with Crippen molar-refractivity contribution in [3.63, 3.8) is 0 Å². The number of ether oxygens (including phenoxy) is 2. The summed E-state index contributed by atoms with van der Waals surface area (Å²) in [6.07, 6.45) is 0.890. The van der Waals surface area contributed by atoms with Crippen LogP contribution in [0.25, 0.3) is 11.1 Å². The van der Waals surface area contributed by atoms with Gasteiger partial charge in [-0.1, -0.05) is 75.4 Å². The molecule has 3 aromatic rings. The molecule has 0 unspecified atom stereocenters. The molecule has 1 N–H and O–H groups in total. The fourth-order valence-corrected chi connectivity index (χ4v) is 3.79. The minimum Gasteiger partial charge on any atom is -0.492 e. The fraction of sp³-hybridized carbons (Fsp3) is 0.355. The molecule has 0 fully saturated rings. The number of benzene rings is 3. The molecule has 0 aliphatic carbocycles. The molecule has 0 aliphatic heterocycles. The van der Waals surface area contributed by atoms with Gasteiger partial charge in [-0.25, -0.2) is 0 Å². The molecule has 186 valence electrons. The topological polar surface area (TPSA) is 41.9 Å². The average molecular weight is 474 g/mol. The lowest BCUT2D eigenvalue weighted by atomic mass is 9.88. The minimum absolute atomic E-state index is 0.0270. The Labute approximate surface area is 210 Å². The van der Waals surface area contributed by atoms with Gasteiger partial charge < -0.3 is 19.5 Å². The Bertz CT molecular complexity index is 1080. The first-order chi connectivity index (χ1) is 16.7. The van der Waals surface area contributed by atoms with E-state index >= 15 is 0 Å². The second-order valence-corrected chi connectivity index (χ2v) is 9.59. The molecular formula is C31H39NO3. The molecule has 0 radical (unpaired) electrons. The maximum atomic E-state index is 10.5. The van der Waals surface area contributed by atoms with Crippen molar-refractivity contribution in [2.24, 2.45) is 5.92 Å². The molecule has 0 aliphatic rings. The van der Waals surface area contributed by atoms with Crippen molar-refractivity contribution in [3.05, 3.63) is 95.6 Å². The first-order valence-electron chi connectivity index (χ1n) is 12.4. The molecule has 0 aromatic heterocycles. The molecule has 0 bridgehead atoms. The van der Waals surface area contributed by atoms with Gasteiger partial charge in [0.15, 0.2) is 0 Å². The summed E-state index contributed by atoms with van der Waals surface area (Å²) in [4.78, 5) is 2.11. The van der Waals surface area contributed by atoms with E-state index in [2.05, 4.69) is 60.4 Å². The normalized spacial score (nSPS) is 14.0. The van der Waals surface area contributed by atoms with Gasteiger partial charge in [-0.05, 0) is 72.6 Å². The number of allylic oxidation sites excluding steroid dienone is 1. The molecule has 3 rings (SSSR count). The molecular weight excluding hydrogens is 434 g/mol. The minimum atomic E-state index is -1.22. The summed E-state index contributed by atoms with van der Waals surface area (Å²) in [5, 5.41) is 10.5. The van der Waals surface area contributed by atoms with E-state index in [-0.39, 0.29) is 5.92 Å². The Morgan fingerprint density at radius 3 is 1.86 bits per heavy atom. The quantitative estimate of drug-likeness (QED) is 0.247. The van der Waals surface area contributed by atoms with Crippen molar-refractivity contribution >= 4 is 11.1 Å². The third kappa shape index (κ3) is 7.20. The maximum absolute atomic E-state index is 10.5. The van der Waals surface area contributed by atoms with Gasteiger partial charge in [-0.2, -0.15) is 0 Å². The van der Waals surface area contributed by atoms with Crippen molar-refractivity contribution in [1.82, 2.24) is 4.90 Å². The maximum Gasteiger partial charge on any atom is 0.207 e. The molecule has 0 spiro atoms. The standard InChI is InChI=1S/C31H39NO3/c1-7-29(24-11-9-8-10-12-24)30(25-13-17-27(18-14-25)34-22-21-32(5)6)26-15-19-28(20-16-26)35-31(4,33)23(2)3/h8-20,23,33H,7,21-22H2,1-6H3/b30-29+/t31-/m1/s1. The van der Waals surface area contributed by atoms with Crippen molar-refractivity contribution in [3.8, 4) is 11.5 Å². The van der Waals surface area contributed by atoms with E-state index in [1.165, 1.54) is 16.7 Å². The van der Waals surface area contributed by atoms with E-state index in [9.17, 15) is 5.11 Å². The Morgan fingerprint density at radius 1 is 0.829 bits per heavy atom. The Morgan fingerprint density at radius 2 is 1.37 bits per heavy atom. The van der Waals surface area contributed by atoms with Crippen LogP contribution >= 0.6 is 0 Å². The summed E-state index contributed by atoms with van der Waals surface area (Å²) in [7, 11) is 4.08. The van der Waals surface area contributed by atoms with Crippen LogP contribution < -0.4 is 9.47 Å². The number of nitrogens with zero attached hydrogens (tertiary/aromatic N) is 1. The van der Waals surface area contributed by atoms with Gasteiger partial charge in [0.25, 0.3) is 0 Å². The van der Waals surface area contributed by atoms with Gasteiger partial charge in [-0.3, -0.25) is 0 Å². The summed E-state index contributed by atoms with van der Waals surface area (Å²) in [6.45, 7) is 9.30. The highest BCUT2D eigenvalue weighted by Crippen LogP contribution is 2.36. The van der Waals surface area contributed by atoms with Crippen molar-refractivity contribution < 1.29 is 14.6 Å². The number of hydrogen-bond donors (Lipinski definition) is 1. The lowest BCUT2D eigenvalue weighted by molar-refractivity contribution is -0.154. The molecule has 4 heteroatoms. The molecule has 4 nitrogen and oxygen atoms in total. The second kappa shape index (κ2) is 12.1. The van der Waals surface area contributed by atoms with Gasteiger partial charge in [-0.15, -0.1) is 0 Å². The molecule has 0 amide bonds. The summed E-state index contributed by atoms with van der Waals surface area (Å²) >= 11 is 0. The monoisotopic (exact) mass is 473 g/mol. The van der Waals surface area contributed by atoms with Crippen LogP contribution in [-0.4, -0.2) is 43.0 Å². The summed E-state index contributed by atoms with van der Waals surface area (Å²) in [6, 6.07) is 26.9. The van der Waals surface area contributed by atoms with Crippen molar-refractivity contribution in [2.45, 2.75) is 39.9 Å². The van der Waals surface area contributed by atoms with E-state index in [0.717, 1.165) is 29.8 Å². The van der Waals surface area contributed by atoms with Crippen LogP contribution in [0, 0.1) is 5.92 Å². The van der Waals surface area contributed by atoms with Crippen LogP contribution in [-0.2, 0) is 0 Å². The van der Waals surface area contributed by atoms with E-state index in [1.54, 1.807) is 6.92 Å². The highest BCUT2D eigenvalue weighted by Gasteiger charge is 2.27. The lowest BCUT2D eigenvalue weighted by Crippen LogP contribution is -2.37. The van der Waals surface area contributed by atoms with Gasteiger partial charge >= 0.3 is 0 Å². The molecule has 3 aromatic carbocycles.